The van der Waals surface area contributed by atoms with Crippen LogP contribution in [0.3, 0.4) is 0 Å². The van der Waals surface area contributed by atoms with Gasteiger partial charge in [-0.3, -0.25) is 4.79 Å². The van der Waals surface area contributed by atoms with Crippen molar-refractivity contribution in [3.8, 4) is 0 Å². The third-order valence-electron chi connectivity index (χ3n) is 3.78. The van der Waals surface area contributed by atoms with Crippen LogP contribution in [-0.2, 0) is 0 Å². The van der Waals surface area contributed by atoms with Crippen molar-refractivity contribution in [1.82, 2.24) is 14.6 Å². The van der Waals surface area contributed by atoms with E-state index in [-0.39, 0.29) is 11.8 Å². The van der Waals surface area contributed by atoms with Gasteiger partial charge in [0.25, 0.3) is 5.91 Å². The first-order chi connectivity index (χ1) is 11.0. The predicted molar refractivity (Wildman–Crippen MR) is 90.9 cm³/mol. The second-order valence-corrected chi connectivity index (χ2v) is 6.09. The zero-order chi connectivity index (χ0) is 16.6. The fraction of sp³-hybridized carbons (Fsp3) is 0.278. The summed E-state index contributed by atoms with van der Waals surface area (Å²) in [5.74, 6) is 0.865. The molecule has 1 amide bonds. The van der Waals surface area contributed by atoms with Gasteiger partial charge in [-0.2, -0.15) is 5.10 Å². The van der Waals surface area contributed by atoms with Gasteiger partial charge < -0.3 is 5.32 Å². The number of nitrogens with one attached hydrogen (secondary N) is 1. The van der Waals surface area contributed by atoms with Crippen molar-refractivity contribution in [2.75, 3.05) is 5.32 Å². The Labute approximate surface area is 135 Å². The minimum absolute atomic E-state index is 0.131. The lowest BCUT2D eigenvalue weighted by Crippen LogP contribution is -2.14. The molecule has 0 radical (unpaired) electrons. The second kappa shape index (κ2) is 5.83. The molecule has 0 atom stereocenters. The van der Waals surface area contributed by atoms with Crippen molar-refractivity contribution in [2.24, 2.45) is 0 Å². The van der Waals surface area contributed by atoms with Crippen LogP contribution >= 0.6 is 0 Å². The van der Waals surface area contributed by atoms with Gasteiger partial charge in [-0.25, -0.2) is 9.50 Å². The Bertz CT molecular complexity index is 880. The van der Waals surface area contributed by atoms with Gasteiger partial charge in [-0.15, -0.1) is 0 Å². The van der Waals surface area contributed by atoms with E-state index < -0.39 is 0 Å². The molecule has 0 aliphatic rings. The summed E-state index contributed by atoms with van der Waals surface area (Å²) in [4.78, 5) is 17.1. The van der Waals surface area contributed by atoms with Crippen LogP contribution < -0.4 is 5.32 Å². The summed E-state index contributed by atoms with van der Waals surface area (Å²) in [6, 6.07) is 9.55. The van der Waals surface area contributed by atoms with Gasteiger partial charge in [0, 0.05) is 17.7 Å². The Morgan fingerprint density at radius 1 is 1.22 bits per heavy atom. The summed E-state index contributed by atoms with van der Waals surface area (Å²) in [6.07, 6.45) is 1.84. The molecule has 5 heteroatoms. The maximum Gasteiger partial charge on any atom is 0.256 e. The van der Waals surface area contributed by atoms with Crippen molar-refractivity contribution >= 4 is 17.2 Å². The Morgan fingerprint density at radius 2 is 2.00 bits per heavy atom. The predicted octanol–water partition coefficient (Wildman–Crippen LogP) is 3.72. The van der Waals surface area contributed by atoms with Gasteiger partial charge in [-0.1, -0.05) is 31.5 Å². The highest BCUT2D eigenvalue weighted by atomic mass is 16.1. The number of benzene rings is 1. The summed E-state index contributed by atoms with van der Waals surface area (Å²) in [6.45, 7) is 8.00. The molecule has 1 N–H and O–H groups in total. The molecule has 0 spiro atoms. The minimum Gasteiger partial charge on any atom is -0.319 e. The zero-order valence-corrected chi connectivity index (χ0v) is 13.8. The molecule has 2 aromatic heterocycles. The van der Waals surface area contributed by atoms with E-state index >= 15 is 0 Å². The molecule has 0 bridgehead atoms. The molecule has 118 valence electrons. The van der Waals surface area contributed by atoms with E-state index in [1.165, 1.54) is 0 Å². The van der Waals surface area contributed by atoms with E-state index in [1.54, 1.807) is 4.52 Å². The highest BCUT2D eigenvalue weighted by Crippen LogP contribution is 2.20. The van der Waals surface area contributed by atoms with E-state index in [2.05, 4.69) is 15.4 Å². The van der Waals surface area contributed by atoms with Gasteiger partial charge in [-0.05, 0) is 37.6 Å². The first-order valence-corrected chi connectivity index (χ1v) is 7.69. The van der Waals surface area contributed by atoms with Crippen molar-refractivity contribution in [2.45, 2.75) is 33.6 Å². The Kier molecular flexibility index (Phi) is 3.86. The lowest BCUT2D eigenvalue weighted by molar-refractivity contribution is 0.102. The summed E-state index contributed by atoms with van der Waals surface area (Å²) < 4.78 is 1.70. The third-order valence-corrected chi connectivity index (χ3v) is 3.78. The lowest BCUT2D eigenvalue weighted by Gasteiger charge is -2.09. The number of rotatable bonds is 3. The molecule has 2 heterocycles. The van der Waals surface area contributed by atoms with Crippen molar-refractivity contribution in [1.29, 1.82) is 0 Å². The average Bonchev–Trinajstić information content (AvgIpc) is 2.95. The second-order valence-electron chi connectivity index (χ2n) is 6.09. The number of fused-ring (bicyclic) bond motifs is 1. The van der Waals surface area contributed by atoms with Crippen LogP contribution in [0.2, 0.25) is 0 Å². The van der Waals surface area contributed by atoms with Crippen LogP contribution in [0, 0.1) is 13.8 Å². The number of pyridine rings is 1. The standard InChI is InChI=1S/C18H20N4O/c1-11(2)16-20-17-15(6-5-9-22(17)21-16)19-18(23)14-10-12(3)7-8-13(14)4/h5-11H,1-4H3,(H,19,23). The minimum atomic E-state index is -0.131. The van der Waals surface area contributed by atoms with Crippen molar-refractivity contribution in [3.63, 3.8) is 0 Å². The van der Waals surface area contributed by atoms with Crippen LogP contribution in [-0.4, -0.2) is 20.5 Å². The summed E-state index contributed by atoms with van der Waals surface area (Å²) in [5.41, 5.74) is 4.01. The van der Waals surface area contributed by atoms with Crippen LogP contribution in [0.1, 0.15) is 47.1 Å². The molecular weight excluding hydrogens is 288 g/mol. The van der Waals surface area contributed by atoms with Crippen molar-refractivity contribution in [3.05, 3.63) is 59.0 Å². The molecule has 0 saturated heterocycles. The summed E-state index contributed by atoms with van der Waals surface area (Å²) in [5, 5.41) is 7.40. The number of amides is 1. The van der Waals surface area contributed by atoms with Gasteiger partial charge in [0.2, 0.25) is 0 Å². The van der Waals surface area contributed by atoms with E-state index in [1.807, 2.05) is 64.2 Å². The monoisotopic (exact) mass is 308 g/mol. The normalized spacial score (nSPS) is 11.2. The summed E-state index contributed by atoms with van der Waals surface area (Å²) in [7, 11) is 0. The first-order valence-electron chi connectivity index (χ1n) is 7.69. The fourth-order valence-corrected chi connectivity index (χ4v) is 2.43. The van der Waals surface area contributed by atoms with Gasteiger partial charge in [0.1, 0.15) is 0 Å². The molecule has 5 nitrogen and oxygen atoms in total. The average molecular weight is 308 g/mol. The molecule has 0 saturated carbocycles. The molecule has 0 unspecified atom stereocenters. The van der Waals surface area contributed by atoms with Crippen LogP contribution in [0.25, 0.3) is 5.65 Å². The topological polar surface area (TPSA) is 59.3 Å². The number of hydrogen-bond acceptors (Lipinski definition) is 3. The molecule has 0 aliphatic carbocycles. The molecule has 1 aromatic carbocycles. The zero-order valence-electron chi connectivity index (χ0n) is 13.8. The molecule has 0 fully saturated rings. The van der Waals surface area contributed by atoms with E-state index in [9.17, 15) is 4.79 Å². The Hall–Kier alpha value is -2.69. The largest absolute Gasteiger partial charge is 0.319 e. The fourth-order valence-electron chi connectivity index (χ4n) is 2.43. The number of hydrogen-bond donors (Lipinski definition) is 1. The van der Waals surface area contributed by atoms with Crippen molar-refractivity contribution < 1.29 is 4.79 Å². The molecule has 3 rings (SSSR count). The van der Waals surface area contributed by atoms with Gasteiger partial charge >= 0.3 is 0 Å². The van der Waals surface area contributed by atoms with E-state index in [0.717, 1.165) is 17.0 Å². The molecular formula is C18H20N4O. The first kappa shape index (κ1) is 15.2. The maximum atomic E-state index is 12.6. The summed E-state index contributed by atoms with van der Waals surface area (Å²) >= 11 is 0. The third kappa shape index (κ3) is 2.95. The van der Waals surface area contributed by atoms with E-state index in [4.69, 9.17) is 0 Å². The van der Waals surface area contributed by atoms with E-state index in [0.29, 0.717) is 16.9 Å². The van der Waals surface area contributed by atoms with Crippen LogP contribution in [0.5, 0.6) is 0 Å². The number of anilines is 1. The molecule has 23 heavy (non-hydrogen) atoms. The lowest BCUT2D eigenvalue weighted by atomic mass is 10.1. The SMILES string of the molecule is Cc1ccc(C)c(C(=O)Nc2cccn3nc(C(C)C)nc23)c1. The number of carbonyl (C=O) groups excluding carboxylic acids is 1. The number of carbonyl (C=O) groups is 1. The van der Waals surface area contributed by atoms with Crippen LogP contribution in [0.15, 0.2) is 36.5 Å². The van der Waals surface area contributed by atoms with Gasteiger partial charge in [0.05, 0.1) is 5.69 Å². The molecule has 0 aliphatic heterocycles. The Balaban J connectivity index is 1.98. The van der Waals surface area contributed by atoms with Crippen LogP contribution in [0.4, 0.5) is 5.69 Å². The quantitative estimate of drug-likeness (QED) is 0.802. The number of aromatic nitrogens is 3. The smallest absolute Gasteiger partial charge is 0.256 e. The van der Waals surface area contributed by atoms with Gasteiger partial charge in [0.15, 0.2) is 11.5 Å². The Morgan fingerprint density at radius 3 is 2.74 bits per heavy atom. The highest BCUT2D eigenvalue weighted by Gasteiger charge is 2.14. The maximum absolute atomic E-state index is 12.6. The number of nitrogens with zero attached hydrogens (tertiary/aromatic N) is 3. The molecule has 3 aromatic rings. The highest BCUT2D eigenvalue weighted by molar-refractivity contribution is 6.06. The number of aryl methyl sites for hydroxylation is 2.